The third-order valence-corrected chi connectivity index (χ3v) is 9.62. The highest BCUT2D eigenvalue weighted by Gasteiger charge is 2.34. The van der Waals surface area contributed by atoms with Gasteiger partial charge in [-0.15, -0.1) is 0 Å². The third kappa shape index (κ3) is 9.68. The summed E-state index contributed by atoms with van der Waals surface area (Å²) in [4.78, 5) is 30.0. The number of sulfonamides is 1. The van der Waals surface area contributed by atoms with Gasteiger partial charge in [-0.25, -0.2) is 8.42 Å². The van der Waals surface area contributed by atoms with Crippen molar-refractivity contribution in [3.8, 4) is 11.5 Å². The normalized spacial score (nSPS) is 14.2. The summed E-state index contributed by atoms with van der Waals surface area (Å²) in [5.74, 6) is 0.482. The summed E-state index contributed by atoms with van der Waals surface area (Å²) in [6, 6.07) is 32.5. The molecule has 0 saturated heterocycles. The van der Waals surface area contributed by atoms with Gasteiger partial charge in [0.2, 0.25) is 21.8 Å². The van der Waals surface area contributed by atoms with Crippen LogP contribution in [-0.2, 0) is 32.6 Å². The number of benzene rings is 4. The fourth-order valence-electron chi connectivity index (χ4n) is 5.91. The Bertz CT molecular complexity index is 1710. The van der Waals surface area contributed by atoms with Gasteiger partial charge < -0.3 is 15.0 Å². The largest absolute Gasteiger partial charge is 0.457 e. The number of nitrogens with zero attached hydrogens (tertiary/aromatic N) is 2. The fourth-order valence-corrected chi connectivity index (χ4v) is 6.76. The Hall–Kier alpha value is -4.63. The fraction of sp³-hybridized carbons (Fsp3) is 0.316. The van der Waals surface area contributed by atoms with E-state index in [-0.39, 0.29) is 18.5 Å². The van der Waals surface area contributed by atoms with Crippen LogP contribution in [0.1, 0.15) is 48.8 Å². The molecule has 1 aliphatic rings. The molecular weight excluding hydrogens is 611 g/mol. The van der Waals surface area contributed by atoms with E-state index in [0.29, 0.717) is 23.6 Å². The van der Waals surface area contributed by atoms with E-state index in [1.165, 1.54) is 0 Å². The summed E-state index contributed by atoms with van der Waals surface area (Å²) in [6.07, 6.45) is 6.44. The first-order valence-electron chi connectivity index (χ1n) is 16.2. The summed E-state index contributed by atoms with van der Waals surface area (Å²) < 4.78 is 33.3. The maximum atomic E-state index is 14.4. The second-order valence-corrected chi connectivity index (χ2v) is 14.1. The van der Waals surface area contributed by atoms with Crippen molar-refractivity contribution < 1.29 is 22.7 Å². The van der Waals surface area contributed by atoms with Crippen molar-refractivity contribution in [2.24, 2.45) is 0 Å². The van der Waals surface area contributed by atoms with E-state index in [1.54, 1.807) is 29.2 Å². The van der Waals surface area contributed by atoms with Gasteiger partial charge in [-0.1, -0.05) is 97.6 Å². The van der Waals surface area contributed by atoms with E-state index in [4.69, 9.17) is 4.74 Å². The molecule has 1 N–H and O–H groups in total. The molecule has 0 radical (unpaired) electrons. The molecule has 47 heavy (non-hydrogen) atoms. The molecule has 8 nitrogen and oxygen atoms in total. The molecule has 4 aromatic carbocycles. The molecule has 5 rings (SSSR count). The topological polar surface area (TPSA) is 96.0 Å². The first-order valence-corrected chi connectivity index (χ1v) is 18.0. The predicted octanol–water partition coefficient (Wildman–Crippen LogP) is 6.64. The summed E-state index contributed by atoms with van der Waals surface area (Å²) in [5, 5.41) is 3.23. The molecule has 1 atom stereocenters. The van der Waals surface area contributed by atoms with Crippen LogP contribution in [0.25, 0.3) is 0 Å². The van der Waals surface area contributed by atoms with Crippen molar-refractivity contribution in [3.05, 3.63) is 126 Å². The Balaban J connectivity index is 1.45. The minimum absolute atomic E-state index is 0.0509. The monoisotopic (exact) mass is 653 g/mol. The molecule has 0 aromatic heterocycles. The zero-order chi connectivity index (χ0) is 33.2. The van der Waals surface area contributed by atoms with Gasteiger partial charge in [0, 0.05) is 19.0 Å². The molecule has 2 amide bonds. The van der Waals surface area contributed by atoms with Crippen LogP contribution in [0.5, 0.6) is 11.5 Å². The molecular formula is C38H43N3O5S. The van der Waals surface area contributed by atoms with Gasteiger partial charge in [-0.05, 0) is 67.3 Å². The van der Waals surface area contributed by atoms with Gasteiger partial charge in [0.1, 0.15) is 24.1 Å². The van der Waals surface area contributed by atoms with Gasteiger partial charge in [0.05, 0.1) is 11.9 Å². The molecule has 0 heterocycles. The first kappa shape index (κ1) is 33.7. The van der Waals surface area contributed by atoms with Crippen LogP contribution in [0.15, 0.2) is 109 Å². The number of aryl methyl sites for hydroxylation is 1. The zero-order valence-corrected chi connectivity index (χ0v) is 27.9. The van der Waals surface area contributed by atoms with Crippen molar-refractivity contribution in [2.75, 3.05) is 17.1 Å². The number of nitrogens with one attached hydrogen (secondary N) is 1. The lowest BCUT2D eigenvalue weighted by atomic mass is 9.94. The Kier molecular flexibility index (Phi) is 11.3. The highest BCUT2D eigenvalue weighted by molar-refractivity contribution is 7.92. The molecule has 0 aliphatic heterocycles. The average Bonchev–Trinajstić information content (AvgIpc) is 3.07. The number of rotatable bonds is 13. The van der Waals surface area contributed by atoms with Crippen LogP contribution < -0.4 is 14.4 Å². The summed E-state index contributed by atoms with van der Waals surface area (Å²) >= 11 is 0. The van der Waals surface area contributed by atoms with E-state index in [9.17, 15) is 18.0 Å². The number of hydrogen-bond acceptors (Lipinski definition) is 5. The minimum Gasteiger partial charge on any atom is -0.457 e. The van der Waals surface area contributed by atoms with E-state index in [0.717, 1.165) is 59.4 Å². The van der Waals surface area contributed by atoms with Crippen molar-refractivity contribution in [1.82, 2.24) is 10.2 Å². The summed E-state index contributed by atoms with van der Waals surface area (Å²) in [5.41, 5.74) is 3.15. The molecule has 1 saturated carbocycles. The Morgan fingerprint density at radius 2 is 1.38 bits per heavy atom. The maximum absolute atomic E-state index is 14.4. The SMILES string of the molecule is Cc1ccc(CN(C(=O)CN(c2ccc(Oc3ccccc3)cc2)S(C)(=O)=O)C(Cc2ccccc2)C(=O)NC2CCCCC2)cc1. The highest BCUT2D eigenvalue weighted by atomic mass is 32.2. The molecule has 246 valence electrons. The van der Waals surface area contributed by atoms with Crippen molar-refractivity contribution in [1.29, 1.82) is 0 Å². The highest BCUT2D eigenvalue weighted by Crippen LogP contribution is 2.26. The van der Waals surface area contributed by atoms with Gasteiger partial charge in [0.15, 0.2) is 0 Å². The van der Waals surface area contributed by atoms with Crippen molar-refractivity contribution >= 4 is 27.5 Å². The number of amides is 2. The van der Waals surface area contributed by atoms with Crippen LogP contribution in [0.3, 0.4) is 0 Å². The second kappa shape index (κ2) is 15.8. The predicted molar refractivity (Wildman–Crippen MR) is 186 cm³/mol. The quantitative estimate of drug-likeness (QED) is 0.175. The average molecular weight is 654 g/mol. The van der Waals surface area contributed by atoms with E-state index in [1.807, 2.05) is 91.9 Å². The molecule has 1 fully saturated rings. The van der Waals surface area contributed by atoms with Gasteiger partial charge in [-0.2, -0.15) is 0 Å². The summed E-state index contributed by atoms with van der Waals surface area (Å²) in [7, 11) is -3.88. The Labute approximate surface area is 278 Å². The van der Waals surface area contributed by atoms with E-state index in [2.05, 4.69) is 5.32 Å². The Morgan fingerprint density at radius 3 is 2.00 bits per heavy atom. The van der Waals surface area contributed by atoms with Crippen LogP contribution in [-0.4, -0.2) is 50.0 Å². The number of para-hydroxylation sites is 1. The van der Waals surface area contributed by atoms with Crippen LogP contribution >= 0.6 is 0 Å². The number of carbonyl (C=O) groups excluding carboxylic acids is 2. The number of carbonyl (C=O) groups is 2. The molecule has 0 spiro atoms. The molecule has 1 aliphatic carbocycles. The maximum Gasteiger partial charge on any atom is 0.244 e. The second-order valence-electron chi connectivity index (χ2n) is 12.2. The van der Waals surface area contributed by atoms with Crippen LogP contribution in [0.4, 0.5) is 5.69 Å². The minimum atomic E-state index is -3.88. The molecule has 9 heteroatoms. The number of ether oxygens (including phenoxy) is 1. The van der Waals surface area contributed by atoms with Gasteiger partial charge in [-0.3, -0.25) is 13.9 Å². The van der Waals surface area contributed by atoms with Gasteiger partial charge >= 0.3 is 0 Å². The Morgan fingerprint density at radius 1 is 0.787 bits per heavy atom. The smallest absolute Gasteiger partial charge is 0.244 e. The number of anilines is 1. The standard InChI is InChI=1S/C38H43N3O5S/c1-29-18-20-31(21-19-29)27-40(36(26-30-12-6-3-7-13-30)38(43)39-32-14-8-4-9-15-32)37(42)28-41(47(2,44)45)33-22-24-35(25-23-33)46-34-16-10-5-11-17-34/h3,5-7,10-13,16-25,32,36H,4,8-9,14-15,26-28H2,1-2H3,(H,39,43). The molecule has 4 aromatic rings. The van der Waals surface area contributed by atoms with Crippen molar-refractivity contribution in [3.63, 3.8) is 0 Å². The van der Waals surface area contributed by atoms with Crippen LogP contribution in [0.2, 0.25) is 0 Å². The van der Waals surface area contributed by atoms with Crippen molar-refractivity contribution in [2.45, 2.75) is 64.1 Å². The van der Waals surface area contributed by atoms with Gasteiger partial charge in [0.25, 0.3) is 0 Å². The first-order chi connectivity index (χ1) is 22.7. The van der Waals surface area contributed by atoms with E-state index >= 15 is 0 Å². The summed E-state index contributed by atoms with van der Waals surface area (Å²) in [6.45, 7) is 1.67. The van der Waals surface area contributed by atoms with Crippen LogP contribution in [0, 0.1) is 6.92 Å². The molecule has 1 unspecified atom stereocenters. The lowest BCUT2D eigenvalue weighted by Crippen LogP contribution is -2.55. The lowest BCUT2D eigenvalue weighted by molar-refractivity contribution is -0.140. The third-order valence-electron chi connectivity index (χ3n) is 8.48. The van der Waals surface area contributed by atoms with E-state index < -0.39 is 28.5 Å². The lowest BCUT2D eigenvalue weighted by Gasteiger charge is -2.35. The molecule has 0 bridgehead atoms. The zero-order valence-electron chi connectivity index (χ0n) is 27.0. The number of hydrogen-bond donors (Lipinski definition) is 1.